The van der Waals surface area contributed by atoms with Gasteiger partial charge in [-0.15, -0.1) is 0 Å². The standard InChI is InChI=1S/C11H18N4O2/c12-4-1-5-17-10-6-8(7-13)2-3-9(10)15-11(14)16/h2-3,6H,1,4-5,7,12-13H2,(H3,14,15,16). The highest BCUT2D eigenvalue weighted by Gasteiger charge is 2.06. The summed E-state index contributed by atoms with van der Waals surface area (Å²) in [6.45, 7) is 1.44. The molecule has 0 aliphatic rings. The van der Waals surface area contributed by atoms with Crippen LogP contribution in [-0.2, 0) is 6.54 Å². The van der Waals surface area contributed by atoms with Gasteiger partial charge in [-0.05, 0) is 30.7 Å². The van der Waals surface area contributed by atoms with Gasteiger partial charge in [0.1, 0.15) is 5.75 Å². The molecule has 2 amide bonds. The number of anilines is 1. The normalized spacial score (nSPS) is 10.0. The summed E-state index contributed by atoms with van der Waals surface area (Å²) in [6.07, 6.45) is 0.739. The number of primary amides is 1. The van der Waals surface area contributed by atoms with Crippen LogP contribution in [0, 0.1) is 0 Å². The van der Waals surface area contributed by atoms with E-state index in [1.54, 1.807) is 18.2 Å². The molecule has 0 aliphatic heterocycles. The predicted molar refractivity (Wildman–Crippen MR) is 66.7 cm³/mol. The first-order chi connectivity index (χ1) is 8.17. The smallest absolute Gasteiger partial charge is 0.316 e. The van der Waals surface area contributed by atoms with Crippen molar-refractivity contribution in [2.75, 3.05) is 18.5 Å². The van der Waals surface area contributed by atoms with E-state index in [1.165, 1.54) is 0 Å². The quantitative estimate of drug-likeness (QED) is 0.535. The van der Waals surface area contributed by atoms with Crippen LogP contribution in [0.3, 0.4) is 0 Å². The van der Waals surface area contributed by atoms with Crippen molar-refractivity contribution >= 4 is 11.7 Å². The third-order valence-corrected chi connectivity index (χ3v) is 2.15. The Morgan fingerprint density at radius 1 is 1.35 bits per heavy atom. The van der Waals surface area contributed by atoms with Crippen LogP contribution in [0.25, 0.3) is 0 Å². The molecule has 0 spiro atoms. The van der Waals surface area contributed by atoms with Crippen LogP contribution in [0.15, 0.2) is 18.2 Å². The topological polar surface area (TPSA) is 116 Å². The molecule has 0 aliphatic carbocycles. The van der Waals surface area contributed by atoms with Crippen molar-refractivity contribution in [2.45, 2.75) is 13.0 Å². The second-order valence-electron chi connectivity index (χ2n) is 3.51. The fourth-order valence-corrected chi connectivity index (χ4v) is 1.31. The zero-order chi connectivity index (χ0) is 12.7. The summed E-state index contributed by atoms with van der Waals surface area (Å²) < 4.78 is 5.52. The summed E-state index contributed by atoms with van der Waals surface area (Å²) in [6, 6.07) is 4.67. The maximum Gasteiger partial charge on any atom is 0.316 e. The van der Waals surface area contributed by atoms with E-state index in [0.29, 0.717) is 31.1 Å². The summed E-state index contributed by atoms with van der Waals surface area (Å²) in [5, 5.41) is 2.49. The molecule has 0 saturated heterocycles. The van der Waals surface area contributed by atoms with Crippen molar-refractivity contribution in [3.05, 3.63) is 23.8 Å². The number of carbonyl (C=O) groups excluding carboxylic acids is 1. The molecule has 1 aromatic rings. The fraction of sp³-hybridized carbons (Fsp3) is 0.364. The Morgan fingerprint density at radius 2 is 2.12 bits per heavy atom. The van der Waals surface area contributed by atoms with Crippen molar-refractivity contribution in [3.8, 4) is 5.75 Å². The number of carbonyl (C=O) groups is 1. The molecule has 6 heteroatoms. The molecule has 0 atom stereocenters. The van der Waals surface area contributed by atoms with Crippen molar-refractivity contribution in [1.29, 1.82) is 0 Å². The Kier molecular flexibility index (Phi) is 5.25. The summed E-state index contributed by atoms with van der Waals surface area (Å²) in [4.78, 5) is 10.8. The maximum atomic E-state index is 10.8. The number of hydrogen-bond donors (Lipinski definition) is 4. The van der Waals surface area contributed by atoms with Gasteiger partial charge in [-0.2, -0.15) is 0 Å². The third kappa shape index (κ3) is 4.29. The van der Waals surface area contributed by atoms with Gasteiger partial charge in [0.25, 0.3) is 0 Å². The van der Waals surface area contributed by atoms with Crippen molar-refractivity contribution in [3.63, 3.8) is 0 Å². The molecule has 0 saturated carbocycles. The van der Waals surface area contributed by atoms with Gasteiger partial charge >= 0.3 is 6.03 Å². The number of benzene rings is 1. The molecule has 1 rings (SSSR count). The summed E-state index contributed by atoms with van der Waals surface area (Å²) in [5.74, 6) is 0.556. The highest BCUT2D eigenvalue weighted by Crippen LogP contribution is 2.25. The van der Waals surface area contributed by atoms with Gasteiger partial charge in [0.15, 0.2) is 0 Å². The molecule has 0 unspecified atom stereocenters. The fourth-order valence-electron chi connectivity index (χ4n) is 1.31. The van der Waals surface area contributed by atoms with E-state index in [2.05, 4.69) is 5.32 Å². The number of nitrogens with two attached hydrogens (primary N) is 3. The Hall–Kier alpha value is -1.79. The minimum Gasteiger partial charge on any atom is -0.491 e. The molecule has 0 bridgehead atoms. The average Bonchev–Trinajstić information content (AvgIpc) is 2.30. The van der Waals surface area contributed by atoms with E-state index >= 15 is 0 Å². The van der Waals surface area contributed by atoms with Crippen molar-refractivity contribution in [2.24, 2.45) is 17.2 Å². The Labute approximate surface area is 100 Å². The van der Waals surface area contributed by atoms with Gasteiger partial charge in [0, 0.05) is 6.54 Å². The van der Waals surface area contributed by atoms with Gasteiger partial charge in [-0.3, -0.25) is 0 Å². The Morgan fingerprint density at radius 3 is 2.71 bits per heavy atom. The molecular weight excluding hydrogens is 220 g/mol. The molecule has 6 nitrogen and oxygen atoms in total. The number of rotatable bonds is 6. The first kappa shape index (κ1) is 13.3. The maximum absolute atomic E-state index is 10.8. The monoisotopic (exact) mass is 238 g/mol. The van der Waals surface area contributed by atoms with Crippen molar-refractivity contribution < 1.29 is 9.53 Å². The number of urea groups is 1. The van der Waals surface area contributed by atoms with Crippen LogP contribution >= 0.6 is 0 Å². The van der Waals surface area contributed by atoms with Gasteiger partial charge in [0.05, 0.1) is 12.3 Å². The third-order valence-electron chi connectivity index (χ3n) is 2.15. The summed E-state index contributed by atoms with van der Waals surface area (Å²) in [5.41, 5.74) is 17.4. The number of hydrogen-bond acceptors (Lipinski definition) is 4. The molecule has 1 aromatic carbocycles. The molecule has 0 fully saturated rings. The van der Waals surface area contributed by atoms with Crippen LogP contribution in [0.2, 0.25) is 0 Å². The largest absolute Gasteiger partial charge is 0.491 e. The molecule has 17 heavy (non-hydrogen) atoms. The van der Waals surface area contributed by atoms with Crippen LogP contribution in [0.5, 0.6) is 5.75 Å². The zero-order valence-electron chi connectivity index (χ0n) is 9.61. The predicted octanol–water partition coefficient (Wildman–Crippen LogP) is 0.363. The first-order valence-corrected chi connectivity index (χ1v) is 5.39. The first-order valence-electron chi connectivity index (χ1n) is 5.39. The van der Waals surface area contributed by atoms with Gasteiger partial charge in [-0.25, -0.2) is 4.79 Å². The summed E-state index contributed by atoms with van der Waals surface area (Å²) >= 11 is 0. The zero-order valence-corrected chi connectivity index (χ0v) is 9.61. The molecule has 0 radical (unpaired) electrons. The van der Waals surface area contributed by atoms with Crippen LogP contribution in [-0.4, -0.2) is 19.2 Å². The van der Waals surface area contributed by atoms with Gasteiger partial charge in [0.2, 0.25) is 0 Å². The van der Waals surface area contributed by atoms with Crippen molar-refractivity contribution in [1.82, 2.24) is 0 Å². The van der Waals surface area contributed by atoms with Crippen LogP contribution in [0.4, 0.5) is 10.5 Å². The second kappa shape index (κ2) is 6.72. The van der Waals surface area contributed by atoms with E-state index < -0.39 is 6.03 Å². The van der Waals surface area contributed by atoms with Gasteiger partial charge < -0.3 is 27.3 Å². The highest BCUT2D eigenvalue weighted by atomic mass is 16.5. The molecule has 0 aromatic heterocycles. The number of nitrogens with one attached hydrogen (secondary N) is 1. The molecule has 0 heterocycles. The minimum atomic E-state index is -0.630. The van der Waals surface area contributed by atoms with E-state index in [9.17, 15) is 4.79 Å². The van der Waals surface area contributed by atoms with E-state index in [1.807, 2.05) is 0 Å². The lowest BCUT2D eigenvalue weighted by molar-refractivity contribution is 0.259. The van der Waals surface area contributed by atoms with E-state index in [0.717, 1.165) is 12.0 Å². The van der Waals surface area contributed by atoms with Crippen LogP contribution < -0.4 is 27.3 Å². The number of ether oxygens (including phenoxy) is 1. The van der Waals surface area contributed by atoms with Gasteiger partial charge in [-0.1, -0.05) is 6.07 Å². The lowest BCUT2D eigenvalue weighted by atomic mass is 10.2. The lowest BCUT2D eigenvalue weighted by Crippen LogP contribution is -2.20. The molecular formula is C11H18N4O2. The lowest BCUT2D eigenvalue weighted by Gasteiger charge is -2.12. The Balaban J connectivity index is 2.82. The molecule has 94 valence electrons. The molecule has 7 N–H and O–H groups in total. The highest BCUT2D eigenvalue weighted by molar-refractivity contribution is 5.89. The van der Waals surface area contributed by atoms with E-state index in [4.69, 9.17) is 21.9 Å². The Bertz CT molecular complexity index is 382. The van der Waals surface area contributed by atoms with Crippen LogP contribution in [0.1, 0.15) is 12.0 Å². The van der Waals surface area contributed by atoms with E-state index in [-0.39, 0.29) is 0 Å². The second-order valence-corrected chi connectivity index (χ2v) is 3.51. The minimum absolute atomic E-state index is 0.407. The number of amides is 2. The average molecular weight is 238 g/mol. The SMILES string of the molecule is NCCCOc1cc(CN)ccc1NC(N)=O. The summed E-state index contributed by atoms with van der Waals surface area (Å²) in [7, 11) is 0.